The lowest BCUT2D eigenvalue weighted by atomic mass is 10.1. The minimum Gasteiger partial charge on any atom is -0.296 e. The molecule has 2 aromatic rings. The molecule has 1 aromatic carbocycles. The summed E-state index contributed by atoms with van der Waals surface area (Å²) < 4.78 is 39.4. The van der Waals surface area contributed by atoms with Crippen molar-refractivity contribution < 1.29 is 18.0 Å². The Hall–Kier alpha value is -1.61. The Kier molecular flexibility index (Phi) is 5.64. The Morgan fingerprint density at radius 3 is 2.70 bits per heavy atom. The first-order chi connectivity index (χ1) is 10.8. The van der Waals surface area contributed by atoms with E-state index in [1.54, 1.807) is 0 Å². The van der Waals surface area contributed by atoms with E-state index in [2.05, 4.69) is 15.5 Å². The Bertz CT molecular complexity index is 688. The highest BCUT2D eigenvalue weighted by molar-refractivity contribution is 8.01. The van der Waals surface area contributed by atoms with Gasteiger partial charge in [0.2, 0.25) is 5.13 Å². The number of nitrogens with zero attached hydrogens (tertiary/aromatic N) is 2. The third-order valence-electron chi connectivity index (χ3n) is 2.98. The molecule has 1 aromatic heterocycles. The maximum absolute atomic E-state index is 12.9. The molecule has 0 fully saturated rings. The van der Waals surface area contributed by atoms with Gasteiger partial charge in [0.25, 0.3) is 5.91 Å². The number of anilines is 1. The van der Waals surface area contributed by atoms with Gasteiger partial charge in [0.05, 0.1) is 11.1 Å². The Labute approximate surface area is 139 Å². The highest BCUT2D eigenvalue weighted by Gasteiger charge is 2.35. The number of rotatable bonds is 5. The molecule has 0 spiro atoms. The molecule has 2 rings (SSSR count). The summed E-state index contributed by atoms with van der Waals surface area (Å²) in [5.74, 6) is -0.853. The fourth-order valence-electron chi connectivity index (χ4n) is 1.66. The van der Waals surface area contributed by atoms with Gasteiger partial charge >= 0.3 is 6.18 Å². The van der Waals surface area contributed by atoms with Crippen LogP contribution in [0, 0.1) is 0 Å². The van der Waals surface area contributed by atoms with Crippen molar-refractivity contribution in [2.75, 3.05) is 5.32 Å². The summed E-state index contributed by atoms with van der Waals surface area (Å²) in [5, 5.41) is 10.6. The third-order valence-corrected chi connectivity index (χ3v) is 5.17. The van der Waals surface area contributed by atoms with Crippen molar-refractivity contribution in [3.63, 3.8) is 0 Å². The molecule has 1 heterocycles. The van der Waals surface area contributed by atoms with Gasteiger partial charge in [0.15, 0.2) is 4.34 Å². The minimum atomic E-state index is -4.59. The summed E-state index contributed by atoms with van der Waals surface area (Å²) in [6, 6.07) is 4.63. The standard InChI is InChI=1S/C14H14F3N3OS2/c1-3-8(2)22-13-20-19-12(23-13)18-11(21)9-6-4-5-7-10(9)14(15,16)17/h4-8H,3H2,1-2H3,(H,18,19,21)/t8-/m1/s1. The molecular weight excluding hydrogens is 347 g/mol. The van der Waals surface area contributed by atoms with Crippen LogP contribution in [0.25, 0.3) is 0 Å². The highest BCUT2D eigenvalue weighted by Crippen LogP contribution is 2.33. The number of carbonyl (C=O) groups is 1. The number of alkyl halides is 3. The first-order valence-electron chi connectivity index (χ1n) is 6.79. The molecule has 23 heavy (non-hydrogen) atoms. The molecule has 0 saturated carbocycles. The van der Waals surface area contributed by atoms with Crippen LogP contribution in [0.5, 0.6) is 0 Å². The molecule has 0 unspecified atom stereocenters. The van der Waals surface area contributed by atoms with Crippen LogP contribution in [-0.4, -0.2) is 21.4 Å². The average Bonchev–Trinajstić information content (AvgIpc) is 2.93. The van der Waals surface area contributed by atoms with Crippen LogP contribution in [0.3, 0.4) is 0 Å². The van der Waals surface area contributed by atoms with Gasteiger partial charge in [-0.3, -0.25) is 10.1 Å². The molecule has 0 aliphatic heterocycles. The second-order valence-corrected chi connectivity index (χ2v) is 7.37. The normalized spacial score (nSPS) is 12.9. The lowest BCUT2D eigenvalue weighted by molar-refractivity contribution is -0.137. The van der Waals surface area contributed by atoms with Crippen LogP contribution >= 0.6 is 23.1 Å². The lowest BCUT2D eigenvalue weighted by Gasteiger charge is -2.11. The molecule has 1 amide bonds. The van der Waals surface area contributed by atoms with Crippen LogP contribution in [0.15, 0.2) is 28.6 Å². The van der Waals surface area contributed by atoms with Crippen LogP contribution < -0.4 is 5.32 Å². The maximum Gasteiger partial charge on any atom is 0.417 e. The fraction of sp³-hybridized carbons (Fsp3) is 0.357. The van der Waals surface area contributed by atoms with Crippen LogP contribution in [0.4, 0.5) is 18.3 Å². The van der Waals surface area contributed by atoms with Gasteiger partial charge in [-0.2, -0.15) is 13.2 Å². The van der Waals surface area contributed by atoms with E-state index in [1.807, 2.05) is 13.8 Å². The third kappa shape index (κ3) is 4.68. The predicted octanol–water partition coefficient (Wildman–Crippen LogP) is 4.70. The molecule has 0 bridgehead atoms. The van der Waals surface area contributed by atoms with Crippen molar-refractivity contribution in [2.24, 2.45) is 0 Å². The summed E-state index contributed by atoms with van der Waals surface area (Å²) >= 11 is 2.65. The van der Waals surface area contributed by atoms with Gasteiger partial charge in [-0.1, -0.05) is 49.1 Å². The van der Waals surface area contributed by atoms with E-state index < -0.39 is 23.2 Å². The van der Waals surface area contributed by atoms with E-state index in [0.29, 0.717) is 9.59 Å². The van der Waals surface area contributed by atoms with Gasteiger partial charge in [-0.15, -0.1) is 10.2 Å². The summed E-state index contributed by atoms with van der Waals surface area (Å²) in [4.78, 5) is 12.1. The number of carbonyl (C=O) groups excluding carboxylic acids is 1. The van der Waals surface area contributed by atoms with E-state index >= 15 is 0 Å². The summed E-state index contributed by atoms with van der Waals surface area (Å²) in [5.41, 5.74) is -1.41. The number of thioether (sulfide) groups is 1. The van der Waals surface area contributed by atoms with Gasteiger partial charge in [0.1, 0.15) is 0 Å². The first-order valence-corrected chi connectivity index (χ1v) is 8.48. The Balaban J connectivity index is 2.14. The first kappa shape index (κ1) is 17.7. The molecular formula is C14H14F3N3OS2. The summed E-state index contributed by atoms with van der Waals surface area (Å²) in [7, 11) is 0. The second kappa shape index (κ2) is 7.31. The molecule has 1 N–H and O–H groups in total. The predicted molar refractivity (Wildman–Crippen MR) is 84.9 cm³/mol. The van der Waals surface area contributed by atoms with E-state index in [4.69, 9.17) is 0 Å². The summed E-state index contributed by atoms with van der Waals surface area (Å²) in [6.45, 7) is 4.07. The number of amides is 1. The number of benzene rings is 1. The maximum atomic E-state index is 12.9. The zero-order valence-electron chi connectivity index (χ0n) is 12.3. The summed E-state index contributed by atoms with van der Waals surface area (Å²) in [6.07, 6.45) is -3.64. The number of hydrogen-bond acceptors (Lipinski definition) is 5. The number of nitrogens with one attached hydrogen (secondary N) is 1. The van der Waals surface area contributed by atoms with E-state index in [9.17, 15) is 18.0 Å². The van der Waals surface area contributed by atoms with Crippen molar-refractivity contribution in [1.82, 2.24) is 10.2 Å². The Morgan fingerprint density at radius 2 is 2.04 bits per heavy atom. The molecule has 9 heteroatoms. The van der Waals surface area contributed by atoms with E-state index in [0.717, 1.165) is 29.9 Å². The lowest BCUT2D eigenvalue weighted by Crippen LogP contribution is -2.18. The van der Waals surface area contributed by atoms with Gasteiger partial charge in [-0.05, 0) is 18.6 Å². The van der Waals surface area contributed by atoms with Gasteiger partial charge < -0.3 is 0 Å². The van der Waals surface area contributed by atoms with Crippen molar-refractivity contribution in [3.05, 3.63) is 35.4 Å². The van der Waals surface area contributed by atoms with Crippen molar-refractivity contribution in [3.8, 4) is 0 Å². The molecule has 0 aliphatic carbocycles. The zero-order valence-corrected chi connectivity index (χ0v) is 14.0. The average molecular weight is 361 g/mol. The molecule has 0 aliphatic rings. The van der Waals surface area contributed by atoms with Crippen LogP contribution in [0.2, 0.25) is 0 Å². The van der Waals surface area contributed by atoms with E-state index in [1.165, 1.54) is 23.9 Å². The quantitative estimate of drug-likeness (QED) is 0.619. The van der Waals surface area contributed by atoms with Crippen molar-refractivity contribution in [2.45, 2.75) is 36.0 Å². The van der Waals surface area contributed by atoms with Crippen LogP contribution in [0.1, 0.15) is 36.2 Å². The molecule has 0 radical (unpaired) electrons. The largest absolute Gasteiger partial charge is 0.417 e. The SMILES string of the molecule is CC[C@@H](C)Sc1nnc(NC(=O)c2ccccc2C(F)(F)F)s1. The Morgan fingerprint density at radius 1 is 1.35 bits per heavy atom. The number of hydrogen-bond donors (Lipinski definition) is 1. The van der Waals surface area contributed by atoms with Gasteiger partial charge in [-0.25, -0.2) is 0 Å². The zero-order chi connectivity index (χ0) is 17.0. The molecule has 0 saturated heterocycles. The highest BCUT2D eigenvalue weighted by atomic mass is 32.2. The minimum absolute atomic E-state index is 0.179. The molecule has 1 atom stereocenters. The number of halogens is 3. The van der Waals surface area contributed by atoms with Crippen molar-refractivity contribution in [1.29, 1.82) is 0 Å². The second-order valence-electron chi connectivity index (χ2n) is 4.71. The van der Waals surface area contributed by atoms with Crippen molar-refractivity contribution >= 4 is 34.1 Å². The smallest absolute Gasteiger partial charge is 0.296 e. The number of aromatic nitrogens is 2. The molecule has 4 nitrogen and oxygen atoms in total. The molecule has 124 valence electrons. The van der Waals surface area contributed by atoms with E-state index in [-0.39, 0.29) is 5.13 Å². The van der Waals surface area contributed by atoms with Crippen LogP contribution in [-0.2, 0) is 6.18 Å². The topological polar surface area (TPSA) is 54.9 Å². The monoisotopic (exact) mass is 361 g/mol. The van der Waals surface area contributed by atoms with Gasteiger partial charge in [0, 0.05) is 5.25 Å². The fourth-order valence-corrected chi connectivity index (χ4v) is 3.65.